The molecule has 1 N–H and O–H groups in total. The molecular formula is C15H17F3N2O. The zero-order valence-corrected chi connectivity index (χ0v) is 11.5. The van der Waals surface area contributed by atoms with E-state index in [1.165, 1.54) is 18.3 Å². The molecule has 3 nitrogen and oxygen atoms in total. The number of carbonyl (C=O) groups is 1. The maximum Gasteiger partial charge on any atom is 0.399 e. The third-order valence-corrected chi connectivity index (χ3v) is 4.71. The van der Waals surface area contributed by atoms with E-state index < -0.39 is 11.6 Å². The molecule has 0 bridgehead atoms. The predicted molar refractivity (Wildman–Crippen MR) is 70.9 cm³/mol. The van der Waals surface area contributed by atoms with Gasteiger partial charge in [-0.25, -0.2) is 0 Å². The van der Waals surface area contributed by atoms with Crippen molar-refractivity contribution in [1.82, 2.24) is 10.3 Å². The Kier molecular flexibility index (Phi) is 3.42. The monoisotopic (exact) mass is 298 g/mol. The van der Waals surface area contributed by atoms with Gasteiger partial charge in [0.25, 0.3) is 5.91 Å². The molecule has 0 aromatic carbocycles. The number of aromatic nitrogens is 1. The normalized spacial score (nSPS) is 21.3. The van der Waals surface area contributed by atoms with E-state index in [-0.39, 0.29) is 30.5 Å². The average molecular weight is 298 g/mol. The second-order valence-electron chi connectivity index (χ2n) is 5.97. The summed E-state index contributed by atoms with van der Waals surface area (Å²) >= 11 is 0. The second-order valence-corrected chi connectivity index (χ2v) is 5.97. The maximum atomic E-state index is 13.2. The summed E-state index contributed by atoms with van der Waals surface area (Å²) in [5.41, 5.74) is -1.46. The summed E-state index contributed by atoms with van der Waals surface area (Å²) in [6.07, 6.45) is 0.738. The molecule has 114 valence electrons. The van der Waals surface area contributed by atoms with Crippen LogP contribution in [0.2, 0.25) is 0 Å². The Morgan fingerprint density at radius 3 is 2.33 bits per heavy atom. The number of alkyl halides is 3. The van der Waals surface area contributed by atoms with Gasteiger partial charge in [0.15, 0.2) is 0 Å². The number of nitrogens with zero attached hydrogens (tertiary/aromatic N) is 1. The van der Waals surface area contributed by atoms with E-state index in [4.69, 9.17) is 0 Å². The van der Waals surface area contributed by atoms with Crippen molar-refractivity contribution in [3.05, 3.63) is 29.6 Å². The van der Waals surface area contributed by atoms with Gasteiger partial charge in [0.2, 0.25) is 0 Å². The minimum Gasteiger partial charge on any atom is -0.349 e. The molecule has 2 aliphatic carbocycles. The van der Waals surface area contributed by atoms with Crippen molar-refractivity contribution in [2.24, 2.45) is 0 Å². The largest absolute Gasteiger partial charge is 0.399 e. The van der Waals surface area contributed by atoms with Gasteiger partial charge < -0.3 is 5.32 Å². The van der Waals surface area contributed by atoms with Gasteiger partial charge in [0, 0.05) is 12.2 Å². The molecule has 1 amide bonds. The van der Waals surface area contributed by atoms with Crippen LogP contribution in [0.15, 0.2) is 18.3 Å². The zero-order valence-electron chi connectivity index (χ0n) is 11.5. The number of halogens is 3. The SMILES string of the molecule is O=C(NC1CCC1)c1ccc(C2(C(F)(F)F)CCC2)nc1. The third kappa shape index (κ3) is 2.40. The first-order valence-electron chi connectivity index (χ1n) is 7.26. The minimum atomic E-state index is -4.28. The molecule has 1 aromatic heterocycles. The van der Waals surface area contributed by atoms with Gasteiger partial charge in [0.05, 0.1) is 11.3 Å². The van der Waals surface area contributed by atoms with E-state index in [0.29, 0.717) is 12.0 Å². The lowest BCUT2D eigenvalue weighted by Gasteiger charge is -2.42. The fourth-order valence-corrected chi connectivity index (χ4v) is 2.85. The number of nitrogens with one attached hydrogen (secondary N) is 1. The summed E-state index contributed by atoms with van der Waals surface area (Å²) in [6, 6.07) is 3.00. The molecule has 0 saturated heterocycles. The van der Waals surface area contributed by atoms with E-state index in [1.54, 1.807) is 0 Å². The highest BCUT2D eigenvalue weighted by Crippen LogP contribution is 2.53. The van der Waals surface area contributed by atoms with Crippen LogP contribution in [0.25, 0.3) is 0 Å². The molecule has 0 spiro atoms. The Morgan fingerprint density at radius 2 is 1.95 bits per heavy atom. The highest BCUT2D eigenvalue weighted by molar-refractivity contribution is 5.94. The topological polar surface area (TPSA) is 42.0 Å². The van der Waals surface area contributed by atoms with E-state index >= 15 is 0 Å². The van der Waals surface area contributed by atoms with Crippen LogP contribution in [0.1, 0.15) is 54.6 Å². The molecule has 2 saturated carbocycles. The lowest BCUT2D eigenvalue weighted by molar-refractivity contribution is -0.214. The number of hydrogen-bond donors (Lipinski definition) is 1. The lowest BCUT2D eigenvalue weighted by atomic mass is 9.66. The van der Waals surface area contributed by atoms with Crippen molar-refractivity contribution >= 4 is 5.91 Å². The summed E-state index contributed by atoms with van der Waals surface area (Å²) in [5, 5.41) is 2.85. The number of amides is 1. The van der Waals surface area contributed by atoms with Gasteiger partial charge >= 0.3 is 6.18 Å². The molecule has 6 heteroatoms. The Morgan fingerprint density at radius 1 is 1.24 bits per heavy atom. The van der Waals surface area contributed by atoms with Crippen molar-refractivity contribution in [3.63, 3.8) is 0 Å². The molecule has 0 unspecified atom stereocenters. The van der Waals surface area contributed by atoms with Crippen molar-refractivity contribution < 1.29 is 18.0 Å². The zero-order chi connectivity index (χ0) is 15.1. The van der Waals surface area contributed by atoms with Crippen LogP contribution in [0, 0.1) is 0 Å². The second kappa shape index (κ2) is 5.00. The Hall–Kier alpha value is -1.59. The summed E-state index contributed by atoms with van der Waals surface area (Å²) in [7, 11) is 0. The van der Waals surface area contributed by atoms with Crippen molar-refractivity contribution in [1.29, 1.82) is 0 Å². The van der Waals surface area contributed by atoms with Gasteiger partial charge in [-0.3, -0.25) is 9.78 Å². The van der Waals surface area contributed by atoms with Gasteiger partial charge in [-0.15, -0.1) is 0 Å². The van der Waals surface area contributed by atoms with Crippen LogP contribution in [0.3, 0.4) is 0 Å². The van der Waals surface area contributed by atoms with Crippen LogP contribution >= 0.6 is 0 Å². The predicted octanol–water partition coefficient (Wildman–Crippen LogP) is 3.35. The van der Waals surface area contributed by atoms with Gasteiger partial charge in [-0.05, 0) is 44.2 Å². The average Bonchev–Trinajstić information content (AvgIpc) is 2.31. The summed E-state index contributed by atoms with van der Waals surface area (Å²) in [6.45, 7) is 0. The molecule has 2 fully saturated rings. The molecule has 0 aliphatic heterocycles. The summed E-state index contributed by atoms with van der Waals surface area (Å²) < 4.78 is 39.6. The first-order chi connectivity index (χ1) is 9.92. The highest BCUT2D eigenvalue weighted by atomic mass is 19.4. The number of pyridine rings is 1. The van der Waals surface area contributed by atoms with Crippen LogP contribution in [0.5, 0.6) is 0 Å². The minimum absolute atomic E-state index is 0.0291. The highest BCUT2D eigenvalue weighted by Gasteiger charge is 2.60. The molecule has 0 radical (unpaired) electrons. The molecular weight excluding hydrogens is 281 g/mol. The van der Waals surface area contributed by atoms with Crippen LogP contribution < -0.4 is 5.32 Å². The first kappa shape index (κ1) is 14.4. The van der Waals surface area contributed by atoms with E-state index in [2.05, 4.69) is 10.3 Å². The molecule has 1 aromatic rings. The molecule has 21 heavy (non-hydrogen) atoms. The third-order valence-electron chi connectivity index (χ3n) is 4.71. The summed E-state index contributed by atoms with van der Waals surface area (Å²) in [5.74, 6) is -0.256. The van der Waals surface area contributed by atoms with E-state index in [0.717, 1.165) is 19.3 Å². The fraction of sp³-hybridized carbons (Fsp3) is 0.600. The molecule has 3 rings (SSSR count). The standard InChI is InChI=1S/C15H17F3N2O/c16-15(17,18)14(7-2-8-14)12-6-5-10(9-19-12)13(21)20-11-3-1-4-11/h5-6,9,11H,1-4,7-8H2,(H,20,21). The maximum absolute atomic E-state index is 13.2. The molecule has 1 heterocycles. The van der Waals surface area contributed by atoms with Crippen molar-refractivity contribution in [2.45, 2.75) is 56.2 Å². The number of hydrogen-bond acceptors (Lipinski definition) is 2. The van der Waals surface area contributed by atoms with Crippen LogP contribution in [-0.4, -0.2) is 23.1 Å². The lowest BCUT2D eigenvalue weighted by Crippen LogP contribution is -2.48. The van der Waals surface area contributed by atoms with Crippen molar-refractivity contribution in [3.8, 4) is 0 Å². The molecule has 2 aliphatic rings. The van der Waals surface area contributed by atoms with Crippen LogP contribution in [-0.2, 0) is 5.41 Å². The number of rotatable bonds is 3. The first-order valence-corrected chi connectivity index (χ1v) is 7.26. The van der Waals surface area contributed by atoms with Gasteiger partial charge in [0.1, 0.15) is 5.41 Å². The van der Waals surface area contributed by atoms with Crippen molar-refractivity contribution in [2.75, 3.05) is 0 Å². The number of carbonyl (C=O) groups excluding carboxylic acids is 1. The smallest absolute Gasteiger partial charge is 0.349 e. The van der Waals surface area contributed by atoms with E-state index in [1.807, 2.05) is 0 Å². The summed E-state index contributed by atoms with van der Waals surface area (Å²) in [4.78, 5) is 15.8. The van der Waals surface area contributed by atoms with E-state index in [9.17, 15) is 18.0 Å². The van der Waals surface area contributed by atoms with Crippen LogP contribution in [0.4, 0.5) is 13.2 Å². The Labute approximate surface area is 120 Å². The molecule has 0 atom stereocenters. The Balaban J connectivity index is 1.76. The Bertz CT molecular complexity index is 531. The van der Waals surface area contributed by atoms with Gasteiger partial charge in [-0.2, -0.15) is 13.2 Å². The quantitative estimate of drug-likeness (QED) is 0.930. The van der Waals surface area contributed by atoms with Gasteiger partial charge in [-0.1, -0.05) is 6.42 Å². The fourth-order valence-electron chi connectivity index (χ4n) is 2.85.